The van der Waals surface area contributed by atoms with E-state index >= 15 is 0 Å². The maximum absolute atomic E-state index is 5.82. The summed E-state index contributed by atoms with van der Waals surface area (Å²) < 4.78 is 11.2. The Bertz CT molecular complexity index is 389. The van der Waals surface area contributed by atoms with Gasteiger partial charge in [-0.15, -0.1) is 0 Å². The van der Waals surface area contributed by atoms with E-state index in [-0.39, 0.29) is 0 Å². The Balaban J connectivity index is 1.67. The number of rotatable bonds is 9. The Hall–Kier alpha value is -1.06. The van der Waals surface area contributed by atoms with Gasteiger partial charge in [0.25, 0.3) is 0 Å². The van der Waals surface area contributed by atoms with Crippen LogP contribution in [0.4, 0.5) is 0 Å². The molecule has 3 nitrogen and oxygen atoms in total. The van der Waals surface area contributed by atoms with Gasteiger partial charge in [-0.25, -0.2) is 0 Å². The highest BCUT2D eigenvalue weighted by molar-refractivity contribution is 5.28. The Morgan fingerprint density at radius 2 is 2.00 bits per heavy atom. The second-order valence-electron chi connectivity index (χ2n) is 5.76. The topological polar surface area (TPSA) is 21.7 Å². The predicted molar refractivity (Wildman–Crippen MR) is 87.0 cm³/mol. The molecule has 0 N–H and O–H groups in total. The fourth-order valence-corrected chi connectivity index (χ4v) is 2.66. The van der Waals surface area contributed by atoms with E-state index in [4.69, 9.17) is 9.47 Å². The lowest BCUT2D eigenvalue weighted by atomic mass is 10.1. The molecule has 0 aliphatic carbocycles. The van der Waals surface area contributed by atoms with Crippen molar-refractivity contribution in [2.45, 2.75) is 39.0 Å². The fraction of sp³-hybridized carbons (Fsp3) is 0.667. The molecule has 1 aliphatic rings. The molecule has 0 radical (unpaired) electrons. The molecule has 2 rings (SSSR count). The smallest absolute Gasteiger partial charge is 0.119 e. The largest absolute Gasteiger partial charge is 0.494 e. The zero-order valence-corrected chi connectivity index (χ0v) is 13.4. The number of ether oxygens (including phenoxy) is 2. The maximum atomic E-state index is 5.82. The summed E-state index contributed by atoms with van der Waals surface area (Å²) in [6.07, 6.45) is 5.98. The van der Waals surface area contributed by atoms with E-state index in [1.807, 2.05) is 0 Å². The third-order valence-corrected chi connectivity index (χ3v) is 3.96. The molecule has 0 bridgehead atoms. The van der Waals surface area contributed by atoms with Crippen molar-refractivity contribution in [3.8, 4) is 5.75 Å². The molecule has 1 aromatic rings. The summed E-state index contributed by atoms with van der Waals surface area (Å²) in [4.78, 5) is 2.49. The Morgan fingerprint density at radius 3 is 2.81 bits per heavy atom. The van der Waals surface area contributed by atoms with Gasteiger partial charge < -0.3 is 9.47 Å². The lowest BCUT2D eigenvalue weighted by Gasteiger charge is -2.26. The number of benzene rings is 1. The molecular formula is C18H29NO2. The minimum Gasteiger partial charge on any atom is -0.494 e. The molecule has 1 fully saturated rings. The van der Waals surface area contributed by atoms with Crippen LogP contribution in [0.3, 0.4) is 0 Å². The first-order valence-corrected chi connectivity index (χ1v) is 8.40. The highest BCUT2D eigenvalue weighted by atomic mass is 16.5. The van der Waals surface area contributed by atoms with Crippen molar-refractivity contribution in [2.75, 3.05) is 39.5 Å². The molecule has 21 heavy (non-hydrogen) atoms. The molecule has 0 spiro atoms. The number of hydrogen-bond acceptors (Lipinski definition) is 3. The van der Waals surface area contributed by atoms with Gasteiger partial charge in [-0.05, 0) is 43.5 Å². The molecule has 1 saturated heterocycles. The van der Waals surface area contributed by atoms with Crippen LogP contribution in [0.1, 0.15) is 38.2 Å². The van der Waals surface area contributed by atoms with E-state index in [2.05, 4.69) is 36.1 Å². The number of aryl methyl sites for hydroxylation is 1. The molecule has 0 saturated carbocycles. The van der Waals surface area contributed by atoms with Gasteiger partial charge in [-0.3, -0.25) is 4.90 Å². The Labute approximate surface area is 129 Å². The number of unbranched alkanes of at least 4 members (excludes halogenated alkanes) is 2. The predicted octanol–water partition coefficient (Wildman–Crippen LogP) is 3.52. The van der Waals surface area contributed by atoms with E-state index in [0.717, 1.165) is 51.5 Å². The third kappa shape index (κ3) is 6.49. The first-order valence-electron chi connectivity index (χ1n) is 8.40. The van der Waals surface area contributed by atoms with Gasteiger partial charge in [0.1, 0.15) is 5.75 Å². The quantitative estimate of drug-likeness (QED) is 0.650. The van der Waals surface area contributed by atoms with E-state index in [9.17, 15) is 0 Å². The van der Waals surface area contributed by atoms with Gasteiger partial charge in [0.05, 0.1) is 19.8 Å². The molecule has 1 aromatic carbocycles. The van der Waals surface area contributed by atoms with E-state index in [0.29, 0.717) is 0 Å². The summed E-state index contributed by atoms with van der Waals surface area (Å²) >= 11 is 0. The van der Waals surface area contributed by atoms with E-state index < -0.39 is 0 Å². The highest BCUT2D eigenvalue weighted by Crippen LogP contribution is 2.15. The van der Waals surface area contributed by atoms with Crippen molar-refractivity contribution in [1.29, 1.82) is 0 Å². The van der Waals surface area contributed by atoms with Crippen molar-refractivity contribution in [3.63, 3.8) is 0 Å². The van der Waals surface area contributed by atoms with Crippen LogP contribution in [0.25, 0.3) is 0 Å². The van der Waals surface area contributed by atoms with Crippen LogP contribution >= 0.6 is 0 Å². The van der Waals surface area contributed by atoms with Crippen LogP contribution < -0.4 is 4.74 Å². The first kappa shape index (κ1) is 16.3. The number of nitrogens with zero attached hydrogens (tertiary/aromatic N) is 1. The molecule has 0 amide bonds. The van der Waals surface area contributed by atoms with Gasteiger partial charge in [0.2, 0.25) is 0 Å². The number of morpholine rings is 1. The van der Waals surface area contributed by atoms with Crippen molar-refractivity contribution in [2.24, 2.45) is 0 Å². The minimum atomic E-state index is 0.838. The third-order valence-electron chi connectivity index (χ3n) is 3.96. The highest BCUT2D eigenvalue weighted by Gasteiger charge is 2.09. The average molecular weight is 291 g/mol. The van der Waals surface area contributed by atoms with Gasteiger partial charge in [0, 0.05) is 13.1 Å². The summed E-state index contributed by atoms with van der Waals surface area (Å²) in [5, 5.41) is 0. The molecule has 1 aliphatic heterocycles. The van der Waals surface area contributed by atoms with Crippen LogP contribution in [0, 0.1) is 0 Å². The molecule has 0 atom stereocenters. The molecule has 0 aromatic heterocycles. The first-order chi connectivity index (χ1) is 10.4. The monoisotopic (exact) mass is 291 g/mol. The van der Waals surface area contributed by atoms with Crippen LogP contribution in [0.15, 0.2) is 24.3 Å². The lowest BCUT2D eigenvalue weighted by Crippen LogP contribution is -2.36. The van der Waals surface area contributed by atoms with Crippen molar-refractivity contribution in [1.82, 2.24) is 4.90 Å². The van der Waals surface area contributed by atoms with Crippen LogP contribution in [-0.4, -0.2) is 44.4 Å². The Kier molecular flexibility index (Phi) is 7.61. The van der Waals surface area contributed by atoms with Crippen LogP contribution in [0.2, 0.25) is 0 Å². The second-order valence-corrected chi connectivity index (χ2v) is 5.76. The average Bonchev–Trinajstić information content (AvgIpc) is 2.53. The van der Waals surface area contributed by atoms with Gasteiger partial charge in [-0.1, -0.05) is 31.9 Å². The summed E-state index contributed by atoms with van der Waals surface area (Å²) in [6.45, 7) is 8.18. The van der Waals surface area contributed by atoms with E-state index in [1.165, 1.54) is 31.4 Å². The maximum Gasteiger partial charge on any atom is 0.119 e. The number of hydrogen-bond donors (Lipinski definition) is 0. The zero-order valence-electron chi connectivity index (χ0n) is 13.4. The normalized spacial score (nSPS) is 16.0. The van der Waals surface area contributed by atoms with Gasteiger partial charge >= 0.3 is 0 Å². The summed E-state index contributed by atoms with van der Waals surface area (Å²) in [7, 11) is 0. The van der Waals surface area contributed by atoms with Crippen molar-refractivity contribution >= 4 is 0 Å². The second kappa shape index (κ2) is 9.80. The van der Waals surface area contributed by atoms with Crippen LogP contribution in [-0.2, 0) is 11.2 Å². The Morgan fingerprint density at radius 1 is 1.14 bits per heavy atom. The summed E-state index contributed by atoms with van der Waals surface area (Å²) in [6, 6.07) is 8.58. The SMILES string of the molecule is CCCCCOc1cccc(CCCN2CCOCC2)c1. The summed E-state index contributed by atoms with van der Waals surface area (Å²) in [5.74, 6) is 1.02. The van der Waals surface area contributed by atoms with Crippen molar-refractivity contribution in [3.05, 3.63) is 29.8 Å². The van der Waals surface area contributed by atoms with E-state index in [1.54, 1.807) is 0 Å². The lowest BCUT2D eigenvalue weighted by molar-refractivity contribution is 0.0374. The standard InChI is InChI=1S/C18H29NO2/c1-2-3-4-13-21-18-9-5-7-17(16-18)8-6-10-19-11-14-20-15-12-19/h5,7,9,16H,2-4,6,8,10-15H2,1H3. The molecule has 0 unspecified atom stereocenters. The van der Waals surface area contributed by atoms with Crippen molar-refractivity contribution < 1.29 is 9.47 Å². The van der Waals surface area contributed by atoms with Gasteiger partial charge in [0.15, 0.2) is 0 Å². The summed E-state index contributed by atoms with van der Waals surface area (Å²) in [5.41, 5.74) is 1.39. The molecular weight excluding hydrogens is 262 g/mol. The van der Waals surface area contributed by atoms with Gasteiger partial charge in [-0.2, -0.15) is 0 Å². The molecule has 3 heteroatoms. The zero-order chi connectivity index (χ0) is 14.8. The molecule has 1 heterocycles. The minimum absolute atomic E-state index is 0.838. The molecule has 118 valence electrons. The van der Waals surface area contributed by atoms with Crippen LogP contribution in [0.5, 0.6) is 5.75 Å². The fourth-order valence-electron chi connectivity index (χ4n) is 2.66.